The molecule has 2 atom stereocenters. The van der Waals surface area contributed by atoms with Gasteiger partial charge in [0.05, 0.1) is 34.4 Å². The summed E-state index contributed by atoms with van der Waals surface area (Å²) in [6.45, 7) is 4.83. The molecular weight excluding hydrogens is 1130 g/mol. The van der Waals surface area contributed by atoms with Gasteiger partial charge in [-0.25, -0.2) is 4.79 Å². The number of esters is 2. The predicted molar refractivity (Wildman–Crippen MR) is 392 cm³/mol. The molecule has 0 radical (unpaired) electrons. The van der Waals surface area contributed by atoms with Gasteiger partial charge in [0.25, 0.3) is 6.29 Å². The highest BCUT2D eigenvalue weighted by atomic mass is 16.7. The van der Waals surface area contributed by atoms with Crippen LogP contribution in [0.2, 0.25) is 0 Å². The van der Waals surface area contributed by atoms with Crippen LogP contribution in [-0.2, 0) is 33.3 Å². The van der Waals surface area contributed by atoms with Crippen molar-refractivity contribution in [2.24, 2.45) is 0 Å². The van der Waals surface area contributed by atoms with Crippen LogP contribution in [0.4, 0.5) is 0 Å². The van der Waals surface area contributed by atoms with Crippen LogP contribution in [0.1, 0.15) is 386 Å². The monoisotopic (exact) mass is 1280 g/mol. The van der Waals surface area contributed by atoms with Crippen LogP contribution in [0.25, 0.3) is 0 Å². The number of rotatable bonds is 74. The highest BCUT2D eigenvalue weighted by molar-refractivity contribution is 5.71. The van der Waals surface area contributed by atoms with Gasteiger partial charge < -0.3 is 28.5 Å². The number of aliphatic carboxylic acids is 1. The lowest BCUT2D eigenvalue weighted by Gasteiger charge is -2.25. The Balaban J connectivity index is 3.94. The number of unbranched alkanes of at least 4 members (excludes halogenated alkanes) is 49. The van der Waals surface area contributed by atoms with E-state index >= 15 is 0 Å². The van der Waals surface area contributed by atoms with Crippen LogP contribution in [0.3, 0.4) is 0 Å². The van der Waals surface area contributed by atoms with E-state index in [-0.39, 0.29) is 38.2 Å². The summed E-state index contributed by atoms with van der Waals surface area (Å²) in [7, 11) is 5.99. The summed E-state index contributed by atoms with van der Waals surface area (Å²) in [4.78, 5) is 37.7. The van der Waals surface area contributed by atoms with Crippen LogP contribution >= 0.6 is 0 Å². The van der Waals surface area contributed by atoms with Crippen LogP contribution < -0.4 is 0 Å². The van der Waals surface area contributed by atoms with Crippen molar-refractivity contribution in [3.8, 4) is 0 Å². The Kier molecular flexibility index (Phi) is 70.4. The first-order valence-corrected chi connectivity index (χ1v) is 39.5. The molecule has 91 heavy (non-hydrogen) atoms. The molecule has 9 heteroatoms. The third-order valence-corrected chi connectivity index (χ3v) is 17.8. The molecule has 0 saturated carbocycles. The molecule has 0 aromatic heterocycles. The molecule has 532 valence electrons. The SMILES string of the molecule is CC/C=C\C/C=C\C/C=C\C/C=C\CCCCCCCCCCCCCCCCCCCCCCCCCCCCCCC(=O)OC(COC(=O)CCCCCCCCCCCCCCC/C=C\CCCCCCCCCC)COC(OCC[N+](C)(C)C)C(=O)O. The largest absolute Gasteiger partial charge is 0.477 e. The number of nitrogens with zero attached hydrogens (tertiary/aromatic N) is 1. The summed E-state index contributed by atoms with van der Waals surface area (Å²) in [6.07, 6.45) is 93.8. The molecular formula is C82H152NO8+. The van der Waals surface area contributed by atoms with E-state index in [2.05, 4.69) is 74.6 Å². The van der Waals surface area contributed by atoms with Crippen LogP contribution in [-0.4, -0.2) is 87.4 Å². The van der Waals surface area contributed by atoms with Crippen molar-refractivity contribution in [2.45, 2.75) is 399 Å². The first-order valence-electron chi connectivity index (χ1n) is 39.5. The van der Waals surface area contributed by atoms with Crippen LogP contribution in [0, 0.1) is 0 Å². The number of quaternary nitrogens is 1. The molecule has 0 aromatic carbocycles. The van der Waals surface area contributed by atoms with Gasteiger partial charge in [-0.15, -0.1) is 0 Å². The number of carboxylic acids is 1. The molecule has 0 aliphatic heterocycles. The molecule has 0 aromatic rings. The van der Waals surface area contributed by atoms with Gasteiger partial charge in [-0.1, -0.05) is 357 Å². The maximum Gasteiger partial charge on any atom is 0.361 e. The fourth-order valence-electron chi connectivity index (χ4n) is 11.8. The number of carbonyl (C=O) groups is 3. The Morgan fingerprint density at radius 2 is 0.626 bits per heavy atom. The second kappa shape index (κ2) is 72.8. The van der Waals surface area contributed by atoms with E-state index in [1.807, 2.05) is 21.1 Å². The number of hydrogen-bond donors (Lipinski definition) is 1. The highest BCUT2D eigenvalue weighted by Crippen LogP contribution is 2.19. The van der Waals surface area contributed by atoms with Crippen molar-refractivity contribution >= 4 is 17.9 Å². The third kappa shape index (κ3) is 74.3. The molecule has 0 bridgehead atoms. The minimum absolute atomic E-state index is 0.177. The van der Waals surface area contributed by atoms with E-state index in [4.69, 9.17) is 18.9 Å². The summed E-state index contributed by atoms with van der Waals surface area (Å²) >= 11 is 0. The first-order chi connectivity index (χ1) is 44.6. The summed E-state index contributed by atoms with van der Waals surface area (Å²) in [5.41, 5.74) is 0. The van der Waals surface area contributed by atoms with Gasteiger partial charge in [-0.2, -0.15) is 0 Å². The summed E-state index contributed by atoms with van der Waals surface area (Å²) < 4.78 is 23.0. The standard InChI is InChI=1S/C82H151NO8/c1-6-8-10-12-14-16-18-20-22-24-26-28-30-32-33-34-35-36-37-38-39-40-41-42-43-44-45-46-47-49-51-53-55-57-59-61-63-65-67-69-71-73-80(85)91-78(77-90-82(81(86)87)88-75-74-83(3,4)5)76-89-79(84)72-70-68-66-64-62-60-58-56-54-52-50-48-31-29-27-25-23-21-19-17-15-13-11-9-7-2/h8,10,14,16,20,22,25-28,78,82H,6-7,9,11-13,15,17-19,21,23-24,29-77H2,1-5H3/p+1/b10-8-,16-14-,22-20-,27-25-,28-26-. The second-order valence-electron chi connectivity index (χ2n) is 28.0. The Hall–Kier alpha value is -3.01. The van der Waals surface area contributed by atoms with Crippen molar-refractivity contribution in [3.05, 3.63) is 60.8 Å². The van der Waals surface area contributed by atoms with Gasteiger partial charge in [0.1, 0.15) is 13.2 Å². The lowest BCUT2D eigenvalue weighted by molar-refractivity contribution is -0.870. The Labute approximate surface area is 565 Å². The molecule has 2 unspecified atom stereocenters. The normalized spacial score (nSPS) is 12.9. The number of hydrogen-bond acceptors (Lipinski definition) is 7. The predicted octanol–water partition coefficient (Wildman–Crippen LogP) is 25.0. The molecule has 1 N–H and O–H groups in total. The molecule has 0 fully saturated rings. The Bertz CT molecular complexity index is 1680. The van der Waals surface area contributed by atoms with Crippen molar-refractivity contribution in [3.63, 3.8) is 0 Å². The molecule has 0 rings (SSSR count). The number of carbonyl (C=O) groups excluding carboxylic acids is 2. The Morgan fingerprint density at radius 1 is 0.341 bits per heavy atom. The van der Waals surface area contributed by atoms with Crippen molar-refractivity contribution in [2.75, 3.05) is 47.5 Å². The zero-order valence-corrected chi connectivity index (χ0v) is 61.0. The van der Waals surface area contributed by atoms with Crippen molar-refractivity contribution < 1.29 is 42.9 Å². The van der Waals surface area contributed by atoms with Gasteiger partial charge >= 0.3 is 17.9 Å². The average Bonchev–Trinajstić information content (AvgIpc) is 3.53. The van der Waals surface area contributed by atoms with Gasteiger partial charge in [0.15, 0.2) is 6.10 Å². The number of carboxylic acid groups (broad SMARTS) is 1. The Morgan fingerprint density at radius 3 is 0.945 bits per heavy atom. The maximum atomic E-state index is 13.0. The summed E-state index contributed by atoms with van der Waals surface area (Å²) in [5, 5.41) is 9.77. The molecule has 0 saturated heterocycles. The molecule has 0 aliphatic rings. The van der Waals surface area contributed by atoms with E-state index in [0.29, 0.717) is 17.4 Å². The smallest absolute Gasteiger partial charge is 0.361 e. The van der Waals surface area contributed by atoms with Gasteiger partial charge in [0.2, 0.25) is 0 Å². The van der Waals surface area contributed by atoms with Gasteiger partial charge in [-0.05, 0) is 77.0 Å². The summed E-state index contributed by atoms with van der Waals surface area (Å²) in [6, 6.07) is 0. The number of likely N-dealkylation sites (N-methyl/N-ethyl adjacent to an activating group) is 1. The zero-order valence-electron chi connectivity index (χ0n) is 61.0. The van der Waals surface area contributed by atoms with E-state index in [1.54, 1.807) is 0 Å². The van der Waals surface area contributed by atoms with Crippen LogP contribution in [0.5, 0.6) is 0 Å². The minimum atomic E-state index is -1.51. The lowest BCUT2D eigenvalue weighted by Crippen LogP contribution is -2.40. The van der Waals surface area contributed by atoms with E-state index in [0.717, 1.165) is 64.2 Å². The van der Waals surface area contributed by atoms with E-state index in [9.17, 15) is 19.5 Å². The minimum Gasteiger partial charge on any atom is -0.477 e. The molecule has 0 heterocycles. The first kappa shape index (κ1) is 88.0. The second-order valence-corrected chi connectivity index (χ2v) is 28.0. The highest BCUT2D eigenvalue weighted by Gasteiger charge is 2.25. The molecule has 9 nitrogen and oxygen atoms in total. The van der Waals surface area contributed by atoms with E-state index < -0.39 is 18.4 Å². The molecule has 0 amide bonds. The fourth-order valence-corrected chi connectivity index (χ4v) is 11.8. The number of ether oxygens (including phenoxy) is 4. The van der Waals surface area contributed by atoms with Crippen molar-refractivity contribution in [1.29, 1.82) is 0 Å². The summed E-state index contributed by atoms with van der Waals surface area (Å²) in [5.74, 6) is -1.98. The molecule has 0 aliphatic carbocycles. The zero-order chi connectivity index (χ0) is 66.1. The molecule has 0 spiro atoms. The van der Waals surface area contributed by atoms with Crippen molar-refractivity contribution in [1.82, 2.24) is 0 Å². The fraction of sp³-hybridized carbons (Fsp3) is 0.841. The van der Waals surface area contributed by atoms with E-state index in [1.165, 1.54) is 295 Å². The lowest BCUT2D eigenvalue weighted by atomic mass is 10.0. The van der Waals surface area contributed by atoms with Gasteiger partial charge in [0, 0.05) is 12.8 Å². The topological polar surface area (TPSA) is 108 Å². The van der Waals surface area contributed by atoms with Crippen LogP contribution in [0.15, 0.2) is 60.8 Å². The number of allylic oxidation sites excluding steroid dienone is 10. The average molecular weight is 1280 g/mol. The third-order valence-electron chi connectivity index (χ3n) is 17.8. The maximum absolute atomic E-state index is 13.0. The van der Waals surface area contributed by atoms with Gasteiger partial charge in [-0.3, -0.25) is 9.59 Å². The quantitative estimate of drug-likeness (QED) is 0.0211.